The molecule has 0 saturated heterocycles. The van der Waals surface area contributed by atoms with E-state index in [2.05, 4.69) is 22.4 Å². The van der Waals surface area contributed by atoms with Crippen LogP contribution in [0.15, 0.2) is 28.6 Å². The summed E-state index contributed by atoms with van der Waals surface area (Å²) < 4.78 is 6.44. The summed E-state index contributed by atoms with van der Waals surface area (Å²) in [6.45, 7) is 4.62. The number of aromatic nitrogens is 2. The third-order valence-corrected chi connectivity index (χ3v) is 4.67. The number of nitrogens with one attached hydrogen (secondary N) is 1. The lowest BCUT2D eigenvalue weighted by molar-refractivity contribution is -0.116. The number of thioether (sulfide) groups is 1. The van der Waals surface area contributed by atoms with E-state index in [1.165, 1.54) is 11.3 Å². The summed E-state index contributed by atoms with van der Waals surface area (Å²) in [6.07, 6.45) is 1.03. The van der Waals surface area contributed by atoms with E-state index in [0.29, 0.717) is 24.6 Å². The number of hydrogen-bond acceptors (Lipinski definition) is 6. The fraction of sp³-hybridized carbons (Fsp3) is 0.400. The molecule has 0 atom stereocenters. The van der Waals surface area contributed by atoms with Crippen molar-refractivity contribution in [3.63, 3.8) is 0 Å². The van der Waals surface area contributed by atoms with Crippen LogP contribution in [-0.2, 0) is 11.2 Å². The smallest absolute Gasteiger partial charge is 0.226 e. The van der Waals surface area contributed by atoms with Crippen molar-refractivity contribution in [2.45, 2.75) is 31.0 Å². The average molecular weight is 337 g/mol. The molecule has 0 aliphatic carbocycles. The number of aryl methyl sites for hydroxylation is 1. The molecule has 1 amide bonds. The average Bonchev–Trinajstić information content (AvgIpc) is 2.94. The van der Waals surface area contributed by atoms with E-state index in [4.69, 9.17) is 4.74 Å². The van der Waals surface area contributed by atoms with E-state index in [-0.39, 0.29) is 5.91 Å². The van der Waals surface area contributed by atoms with E-state index in [9.17, 15) is 4.79 Å². The van der Waals surface area contributed by atoms with Gasteiger partial charge >= 0.3 is 0 Å². The number of rotatable bonds is 8. The van der Waals surface area contributed by atoms with Gasteiger partial charge in [-0.25, -0.2) is 0 Å². The van der Waals surface area contributed by atoms with E-state index in [1.54, 1.807) is 11.8 Å². The normalized spacial score (nSPS) is 10.5. The third-order valence-electron chi connectivity index (χ3n) is 2.81. The fourth-order valence-electron chi connectivity index (χ4n) is 1.88. The van der Waals surface area contributed by atoms with Gasteiger partial charge in [0.15, 0.2) is 4.34 Å². The topological polar surface area (TPSA) is 64.1 Å². The van der Waals surface area contributed by atoms with E-state index < -0.39 is 0 Å². The molecule has 0 unspecified atom stereocenters. The Kier molecular flexibility index (Phi) is 6.67. The first-order chi connectivity index (χ1) is 10.7. The number of para-hydroxylation sites is 1. The zero-order valence-electron chi connectivity index (χ0n) is 12.7. The second-order valence-corrected chi connectivity index (χ2v) is 6.88. The van der Waals surface area contributed by atoms with Gasteiger partial charge in [-0.15, -0.1) is 10.2 Å². The van der Waals surface area contributed by atoms with Crippen LogP contribution < -0.4 is 10.1 Å². The predicted octanol–water partition coefficient (Wildman–Crippen LogP) is 3.62. The van der Waals surface area contributed by atoms with Crippen molar-refractivity contribution < 1.29 is 9.53 Å². The minimum absolute atomic E-state index is 0.0597. The van der Waals surface area contributed by atoms with Crippen molar-refractivity contribution in [3.05, 3.63) is 29.8 Å². The van der Waals surface area contributed by atoms with Crippen molar-refractivity contribution in [1.29, 1.82) is 0 Å². The van der Waals surface area contributed by atoms with Gasteiger partial charge in [-0.1, -0.05) is 48.2 Å². The molecule has 7 heteroatoms. The largest absolute Gasteiger partial charge is 0.494 e. The van der Waals surface area contributed by atoms with Gasteiger partial charge in [-0.05, 0) is 30.7 Å². The van der Waals surface area contributed by atoms with Crippen LogP contribution in [0.4, 0.5) is 5.13 Å². The highest BCUT2D eigenvalue weighted by atomic mass is 32.2. The third kappa shape index (κ3) is 4.99. The number of hydrogen-bond donors (Lipinski definition) is 1. The zero-order chi connectivity index (χ0) is 15.8. The molecule has 0 fully saturated rings. The highest BCUT2D eigenvalue weighted by Crippen LogP contribution is 2.25. The Hall–Kier alpha value is -1.60. The molecule has 5 nitrogen and oxygen atoms in total. The van der Waals surface area contributed by atoms with Crippen LogP contribution >= 0.6 is 23.1 Å². The molecule has 2 aromatic rings. The van der Waals surface area contributed by atoms with Gasteiger partial charge in [0.1, 0.15) is 5.75 Å². The summed E-state index contributed by atoms with van der Waals surface area (Å²) in [7, 11) is 0. The van der Waals surface area contributed by atoms with E-state index in [0.717, 1.165) is 21.4 Å². The van der Waals surface area contributed by atoms with Crippen LogP contribution in [0.2, 0.25) is 0 Å². The molecule has 0 radical (unpaired) electrons. The second kappa shape index (κ2) is 8.75. The highest BCUT2D eigenvalue weighted by Gasteiger charge is 2.10. The summed E-state index contributed by atoms with van der Waals surface area (Å²) >= 11 is 3.02. The van der Waals surface area contributed by atoms with Gasteiger partial charge in [0.2, 0.25) is 11.0 Å². The quantitative estimate of drug-likeness (QED) is 0.589. The Labute approximate surface area is 138 Å². The van der Waals surface area contributed by atoms with Crippen molar-refractivity contribution in [2.75, 3.05) is 17.7 Å². The Bertz CT molecular complexity index is 616. The van der Waals surface area contributed by atoms with Gasteiger partial charge in [0, 0.05) is 6.42 Å². The molecule has 1 aromatic heterocycles. The van der Waals surface area contributed by atoms with Gasteiger partial charge in [0.05, 0.1) is 6.61 Å². The zero-order valence-corrected chi connectivity index (χ0v) is 14.3. The number of carbonyl (C=O) groups is 1. The summed E-state index contributed by atoms with van der Waals surface area (Å²) in [5.41, 5.74) is 1.04. The molecule has 118 valence electrons. The van der Waals surface area contributed by atoms with E-state index >= 15 is 0 Å². The van der Waals surface area contributed by atoms with Crippen LogP contribution in [0, 0.1) is 0 Å². The lowest BCUT2D eigenvalue weighted by Crippen LogP contribution is -2.12. The second-order valence-electron chi connectivity index (χ2n) is 4.40. The molecule has 0 bridgehead atoms. The van der Waals surface area contributed by atoms with Crippen molar-refractivity contribution in [1.82, 2.24) is 10.2 Å². The highest BCUT2D eigenvalue weighted by molar-refractivity contribution is 8.01. The SMILES string of the molecule is CCOc1ccccc1CCC(=O)Nc1nnc(SCC)s1. The maximum atomic E-state index is 12.0. The monoisotopic (exact) mass is 337 g/mol. The molecule has 1 aromatic carbocycles. The van der Waals surface area contributed by atoms with Crippen LogP contribution in [0.1, 0.15) is 25.8 Å². The molecule has 0 spiro atoms. The summed E-state index contributed by atoms with van der Waals surface area (Å²) in [4.78, 5) is 12.0. The lowest BCUT2D eigenvalue weighted by atomic mass is 10.1. The molecule has 1 heterocycles. The first kappa shape index (κ1) is 16.8. The Balaban J connectivity index is 1.87. The standard InChI is InChI=1S/C15H19N3O2S2/c1-3-20-12-8-6-5-7-11(12)9-10-13(19)16-14-17-18-15(22-14)21-4-2/h5-8H,3-4,9-10H2,1-2H3,(H,16,17,19). The van der Waals surface area contributed by atoms with Crippen LogP contribution in [-0.4, -0.2) is 28.5 Å². The van der Waals surface area contributed by atoms with Crippen LogP contribution in [0.25, 0.3) is 0 Å². The van der Waals surface area contributed by atoms with Crippen molar-refractivity contribution >= 4 is 34.1 Å². The number of amides is 1. The minimum Gasteiger partial charge on any atom is -0.494 e. The molecular weight excluding hydrogens is 318 g/mol. The van der Waals surface area contributed by atoms with Crippen LogP contribution in [0.3, 0.4) is 0 Å². The fourth-order valence-corrected chi connectivity index (χ4v) is 3.54. The lowest BCUT2D eigenvalue weighted by Gasteiger charge is -2.09. The molecule has 0 saturated carbocycles. The van der Waals surface area contributed by atoms with Gasteiger partial charge < -0.3 is 10.1 Å². The number of ether oxygens (including phenoxy) is 1. The van der Waals surface area contributed by atoms with Gasteiger partial charge in [0.25, 0.3) is 0 Å². The minimum atomic E-state index is -0.0597. The van der Waals surface area contributed by atoms with Crippen molar-refractivity contribution in [2.24, 2.45) is 0 Å². The number of carbonyl (C=O) groups excluding carboxylic acids is 1. The van der Waals surface area contributed by atoms with E-state index in [1.807, 2.05) is 31.2 Å². The first-order valence-electron chi connectivity index (χ1n) is 7.19. The molecule has 2 rings (SSSR count). The number of anilines is 1. The maximum Gasteiger partial charge on any atom is 0.226 e. The Morgan fingerprint density at radius 1 is 1.32 bits per heavy atom. The van der Waals surface area contributed by atoms with Crippen LogP contribution in [0.5, 0.6) is 5.75 Å². The molecule has 1 N–H and O–H groups in total. The molecule has 22 heavy (non-hydrogen) atoms. The summed E-state index contributed by atoms with van der Waals surface area (Å²) in [5, 5.41) is 11.3. The molecule has 0 aliphatic heterocycles. The number of benzene rings is 1. The summed E-state index contributed by atoms with van der Waals surface area (Å²) in [5.74, 6) is 1.72. The molecule has 0 aliphatic rings. The Morgan fingerprint density at radius 3 is 2.91 bits per heavy atom. The summed E-state index contributed by atoms with van der Waals surface area (Å²) in [6, 6.07) is 7.80. The Morgan fingerprint density at radius 2 is 2.14 bits per heavy atom. The predicted molar refractivity (Wildman–Crippen MR) is 90.9 cm³/mol. The maximum absolute atomic E-state index is 12.0. The van der Waals surface area contributed by atoms with Gasteiger partial charge in [-0.3, -0.25) is 4.79 Å². The van der Waals surface area contributed by atoms with Crippen molar-refractivity contribution in [3.8, 4) is 5.75 Å². The van der Waals surface area contributed by atoms with Gasteiger partial charge in [-0.2, -0.15) is 0 Å². The number of nitrogens with zero attached hydrogens (tertiary/aromatic N) is 2. The molecular formula is C15H19N3O2S2. The first-order valence-corrected chi connectivity index (χ1v) is 9.00.